The fourth-order valence-electron chi connectivity index (χ4n) is 4.16. The van der Waals surface area contributed by atoms with E-state index in [1.807, 2.05) is 0 Å². The van der Waals surface area contributed by atoms with Crippen molar-refractivity contribution in [1.29, 1.82) is 0 Å². The molecule has 0 aromatic heterocycles. The Bertz CT molecular complexity index is 937. The van der Waals surface area contributed by atoms with Crippen molar-refractivity contribution in [1.82, 2.24) is 0 Å². The molecule has 0 nitrogen and oxygen atoms in total. The van der Waals surface area contributed by atoms with E-state index in [1.165, 1.54) is 21.5 Å². The van der Waals surface area contributed by atoms with Gasteiger partial charge in [0, 0.05) is 32.7 Å². The molecule has 0 fully saturated rings. The SMILES string of the molecule is CC([CH-]C[P+](c1ccccc1)(c1ccccc1)c1ccccc1)C[CH-]c1ccccc1.[Y]. The van der Waals surface area contributed by atoms with Crippen LogP contribution in [0.5, 0.6) is 0 Å². The van der Waals surface area contributed by atoms with E-state index in [4.69, 9.17) is 0 Å². The van der Waals surface area contributed by atoms with Crippen LogP contribution < -0.4 is 15.9 Å². The van der Waals surface area contributed by atoms with Crippen LogP contribution in [0.4, 0.5) is 0 Å². The van der Waals surface area contributed by atoms with Gasteiger partial charge in [0.05, 0.1) is 7.26 Å². The quantitative estimate of drug-likeness (QED) is 0.179. The Balaban J connectivity index is 0.00000289. The van der Waals surface area contributed by atoms with Gasteiger partial charge in [-0.05, 0) is 42.6 Å². The van der Waals surface area contributed by atoms with Crippen molar-refractivity contribution in [3.05, 3.63) is 140 Å². The molecule has 4 rings (SSSR count). The maximum absolute atomic E-state index is 2.56. The van der Waals surface area contributed by atoms with Gasteiger partial charge in [0.2, 0.25) is 0 Å². The van der Waals surface area contributed by atoms with Crippen LogP contribution in [0.2, 0.25) is 0 Å². The van der Waals surface area contributed by atoms with E-state index in [9.17, 15) is 0 Å². The first-order valence-corrected chi connectivity index (χ1v) is 13.0. The smallest absolute Gasteiger partial charge is 0.102 e. The molecule has 0 saturated carbocycles. The monoisotopic (exact) mass is 510 g/mol. The van der Waals surface area contributed by atoms with Gasteiger partial charge in [0.1, 0.15) is 15.9 Å². The average Bonchev–Trinajstić information content (AvgIpc) is 2.86. The molecule has 0 aliphatic heterocycles. The Morgan fingerprint density at radius 2 is 0.969 bits per heavy atom. The van der Waals surface area contributed by atoms with Crippen molar-refractivity contribution in [2.24, 2.45) is 5.92 Å². The van der Waals surface area contributed by atoms with Gasteiger partial charge < -0.3 is 0 Å². The van der Waals surface area contributed by atoms with E-state index in [0.717, 1.165) is 12.6 Å². The molecule has 2 heteroatoms. The van der Waals surface area contributed by atoms with Crippen LogP contribution >= 0.6 is 7.26 Å². The molecular formula is C30H30PY-. The Kier molecular flexibility index (Phi) is 9.74. The maximum atomic E-state index is 2.56. The number of hydrogen-bond donors (Lipinski definition) is 0. The first kappa shape index (κ1) is 24.9. The van der Waals surface area contributed by atoms with Crippen molar-refractivity contribution in [2.45, 2.75) is 13.3 Å². The van der Waals surface area contributed by atoms with E-state index in [1.54, 1.807) is 0 Å². The number of rotatable bonds is 9. The first-order valence-electron chi connectivity index (χ1n) is 11.1. The molecule has 0 saturated heterocycles. The van der Waals surface area contributed by atoms with Gasteiger partial charge in [0.25, 0.3) is 0 Å². The Hall–Kier alpha value is -1.72. The maximum Gasteiger partial charge on any atom is 0.102 e. The van der Waals surface area contributed by atoms with Crippen molar-refractivity contribution in [3.63, 3.8) is 0 Å². The summed E-state index contributed by atoms with van der Waals surface area (Å²) in [5.74, 6) is 0.510. The minimum atomic E-state index is -1.77. The van der Waals surface area contributed by atoms with E-state index in [2.05, 4.69) is 141 Å². The molecule has 0 N–H and O–H groups in total. The van der Waals surface area contributed by atoms with E-state index < -0.39 is 7.26 Å². The Morgan fingerprint density at radius 1 is 0.594 bits per heavy atom. The zero-order chi connectivity index (χ0) is 21.4. The van der Waals surface area contributed by atoms with Crippen LogP contribution in [-0.4, -0.2) is 6.16 Å². The van der Waals surface area contributed by atoms with E-state index in [0.29, 0.717) is 5.92 Å². The largest absolute Gasteiger partial charge is 0.288 e. The molecule has 159 valence electrons. The van der Waals surface area contributed by atoms with Gasteiger partial charge in [-0.2, -0.15) is 30.0 Å². The fourth-order valence-corrected chi connectivity index (χ4v) is 8.40. The standard InChI is InChI=1S/C30H30P.Y/c1-26(22-23-27-14-6-2-7-15-27)24-25-31(28-16-8-3-9-17-28,29-18-10-4-11-19-29)30-20-12-5-13-21-30;/h2-21,23-24,26H,22,25H2,1H3;/q-1;. The second kappa shape index (κ2) is 12.5. The molecule has 0 aliphatic carbocycles. The minimum absolute atomic E-state index is 0. The summed E-state index contributed by atoms with van der Waals surface area (Å²) in [6, 6.07) is 44.0. The van der Waals surface area contributed by atoms with Crippen molar-refractivity contribution >= 4 is 23.2 Å². The third kappa shape index (κ3) is 5.99. The molecule has 32 heavy (non-hydrogen) atoms. The number of benzene rings is 4. The van der Waals surface area contributed by atoms with Gasteiger partial charge in [-0.15, -0.1) is 18.6 Å². The molecule has 4 aromatic carbocycles. The van der Waals surface area contributed by atoms with Crippen molar-refractivity contribution in [3.8, 4) is 0 Å². The zero-order valence-electron chi connectivity index (χ0n) is 18.7. The van der Waals surface area contributed by atoms with Gasteiger partial charge in [-0.1, -0.05) is 67.6 Å². The van der Waals surface area contributed by atoms with Crippen LogP contribution in [0.25, 0.3) is 0 Å². The molecule has 1 radical (unpaired) electrons. The topological polar surface area (TPSA) is 0 Å². The Labute approximate surface area is 219 Å². The molecule has 1 unspecified atom stereocenters. The summed E-state index contributed by atoms with van der Waals surface area (Å²) in [5.41, 5.74) is 1.30. The van der Waals surface area contributed by atoms with Crippen molar-refractivity contribution < 1.29 is 32.7 Å². The predicted molar refractivity (Wildman–Crippen MR) is 138 cm³/mol. The van der Waals surface area contributed by atoms with Crippen LogP contribution in [0.3, 0.4) is 0 Å². The number of hydrogen-bond acceptors (Lipinski definition) is 0. The summed E-state index contributed by atoms with van der Waals surface area (Å²) in [5, 5.41) is 4.34. The first-order chi connectivity index (χ1) is 15.3. The second-order valence-corrected chi connectivity index (χ2v) is 11.6. The molecule has 0 heterocycles. The summed E-state index contributed by atoms with van der Waals surface area (Å²) in [7, 11) is -1.77. The normalized spacial score (nSPS) is 11.9. The van der Waals surface area contributed by atoms with Gasteiger partial charge in [-0.25, -0.2) is 0 Å². The molecule has 0 spiro atoms. The second-order valence-electron chi connectivity index (χ2n) is 8.06. The predicted octanol–water partition coefficient (Wildman–Crippen LogP) is 6.46. The summed E-state index contributed by atoms with van der Waals surface area (Å²) in [4.78, 5) is 0. The molecule has 0 aliphatic rings. The van der Waals surface area contributed by atoms with Crippen LogP contribution in [0.15, 0.2) is 121 Å². The molecular weight excluding hydrogens is 480 g/mol. The van der Waals surface area contributed by atoms with Gasteiger partial charge in [-0.3, -0.25) is 6.42 Å². The Morgan fingerprint density at radius 3 is 1.38 bits per heavy atom. The minimum Gasteiger partial charge on any atom is -0.288 e. The zero-order valence-corrected chi connectivity index (χ0v) is 22.5. The van der Waals surface area contributed by atoms with Gasteiger partial charge >= 0.3 is 0 Å². The van der Waals surface area contributed by atoms with E-state index >= 15 is 0 Å². The van der Waals surface area contributed by atoms with Crippen LogP contribution in [-0.2, 0) is 32.7 Å². The third-order valence-electron chi connectivity index (χ3n) is 5.90. The van der Waals surface area contributed by atoms with Crippen LogP contribution in [0, 0.1) is 18.8 Å². The summed E-state index contributed by atoms with van der Waals surface area (Å²) in [6.07, 6.45) is 7.03. The summed E-state index contributed by atoms with van der Waals surface area (Å²) < 4.78 is 0. The van der Waals surface area contributed by atoms with E-state index in [-0.39, 0.29) is 32.7 Å². The molecule has 4 aromatic rings. The molecule has 0 amide bonds. The third-order valence-corrected chi connectivity index (χ3v) is 10.2. The summed E-state index contributed by atoms with van der Waals surface area (Å²) >= 11 is 0. The van der Waals surface area contributed by atoms with Gasteiger partial charge in [0.15, 0.2) is 0 Å². The molecule has 1 atom stereocenters. The van der Waals surface area contributed by atoms with Crippen molar-refractivity contribution in [2.75, 3.05) is 6.16 Å². The average molecular weight is 510 g/mol. The fraction of sp³-hybridized carbons (Fsp3) is 0.133. The molecule has 0 bridgehead atoms. The van der Waals surface area contributed by atoms with Crippen LogP contribution in [0.1, 0.15) is 18.9 Å². The summed E-state index contributed by atoms with van der Waals surface area (Å²) in [6.45, 7) is 2.34.